The fourth-order valence-corrected chi connectivity index (χ4v) is 0.928. The molecule has 48 valence electrons. The van der Waals surface area contributed by atoms with E-state index in [9.17, 15) is 0 Å². The minimum atomic E-state index is -2.08. The van der Waals surface area contributed by atoms with E-state index in [1.807, 2.05) is 0 Å². The van der Waals surface area contributed by atoms with Crippen LogP contribution in [0.1, 0.15) is 9.68 Å². The zero-order valence-corrected chi connectivity index (χ0v) is 6.27. The van der Waals surface area contributed by atoms with Gasteiger partial charge in [-0.05, 0) is 24.5 Å². The average molecular weight is 189 g/mol. The quantitative estimate of drug-likeness (QED) is 0.622. The molecule has 1 nitrogen and oxygen atoms in total. The first-order chi connectivity index (χ1) is 5.41. The molecular weight excluding hydrogens is 178 g/mol. The highest BCUT2D eigenvalue weighted by Crippen LogP contribution is 2.17. The predicted molar refractivity (Wildman–Crippen MR) is 43.3 cm³/mol. The van der Waals surface area contributed by atoms with Gasteiger partial charge in [-0.25, -0.2) is 0 Å². The molecule has 0 aliphatic heterocycles. The normalized spacial score (nSPS) is 15.9. The van der Waals surface area contributed by atoms with Crippen LogP contribution in [0.2, 0.25) is 0 Å². The maximum absolute atomic E-state index is 7.15. The van der Waals surface area contributed by atoms with Crippen molar-refractivity contribution in [2.24, 2.45) is 0 Å². The summed E-state index contributed by atoms with van der Waals surface area (Å²) in [6.45, 7) is -2.08. The van der Waals surface area contributed by atoms with Crippen LogP contribution in [-0.4, -0.2) is 0 Å². The molecule has 0 bridgehead atoms. The van der Waals surface area contributed by atoms with Gasteiger partial charge < -0.3 is 5.73 Å². The molecule has 0 heterocycles. The van der Waals surface area contributed by atoms with Crippen LogP contribution in [0.4, 0.5) is 5.69 Å². The lowest BCUT2D eigenvalue weighted by Gasteiger charge is -1.96. The van der Waals surface area contributed by atoms with E-state index in [0.29, 0.717) is 10.2 Å². The van der Waals surface area contributed by atoms with Crippen molar-refractivity contribution in [3.8, 4) is 0 Å². The highest BCUT2D eigenvalue weighted by Gasteiger charge is 1.91. The Morgan fingerprint density at radius 1 is 1.67 bits per heavy atom. The van der Waals surface area contributed by atoms with Crippen LogP contribution in [0.15, 0.2) is 22.7 Å². The summed E-state index contributed by atoms with van der Waals surface area (Å²) in [6, 6.07) is 4.67. The number of halogens is 1. The lowest BCUT2D eigenvalue weighted by molar-refractivity contribution is 1.43. The van der Waals surface area contributed by atoms with Gasteiger partial charge in [-0.15, -0.1) is 0 Å². The second kappa shape index (κ2) is 2.40. The van der Waals surface area contributed by atoms with Gasteiger partial charge >= 0.3 is 0 Å². The minimum absolute atomic E-state index is 0.289. The SMILES string of the molecule is [2H]C([2H])([2H])c1ccc(N)cc1Br. The number of nitrogen functional groups attached to an aromatic ring is 1. The van der Waals surface area contributed by atoms with Crippen LogP contribution in [0.25, 0.3) is 0 Å². The number of hydrogen-bond donors (Lipinski definition) is 1. The van der Waals surface area contributed by atoms with Gasteiger partial charge in [0.15, 0.2) is 0 Å². The summed E-state index contributed by atoms with van der Waals surface area (Å²) in [5.41, 5.74) is 6.30. The molecule has 9 heavy (non-hydrogen) atoms. The molecule has 2 heteroatoms. The van der Waals surface area contributed by atoms with Gasteiger partial charge in [0.25, 0.3) is 0 Å². The number of aryl methyl sites for hydroxylation is 1. The van der Waals surface area contributed by atoms with Gasteiger partial charge in [0.05, 0.1) is 0 Å². The molecule has 0 saturated carbocycles. The molecule has 0 atom stereocenters. The molecule has 0 radical (unpaired) electrons. The number of anilines is 1. The zero-order valence-electron chi connectivity index (χ0n) is 7.69. The monoisotopic (exact) mass is 188 g/mol. The average Bonchev–Trinajstić information content (AvgIpc) is 1.83. The molecule has 0 saturated heterocycles. The molecular formula is C7H8BrN. The lowest BCUT2D eigenvalue weighted by atomic mass is 10.2. The van der Waals surface area contributed by atoms with Gasteiger partial charge in [-0.3, -0.25) is 0 Å². The summed E-state index contributed by atoms with van der Waals surface area (Å²) < 4.78 is 22.0. The third-order valence-corrected chi connectivity index (χ3v) is 1.65. The largest absolute Gasteiger partial charge is 0.399 e. The van der Waals surface area contributed by atoms with Gasteiger partial charge in [-0.2, -0.15) is 0 Å². The van der Waals surface area contributed by atoms with Gasteiger partial charge in [0.2, 0.25) is 0 Å². The molecule has 1 aromatic rings. The van der Waals surface area contributed by atoms with E-state index in [1.165, 1.54) is 6.07 Å². The smallest absolute Gasteiger partial charge is 0.0325 e. The first kappa shape index (κ1) is 3.62. The predicted octanol–water partition coefficient (Wildman–Crippen LogP) is 2.34. The highest BCUT2D eigenvalue weighted by molar-refractivity contribution is 9.10. The van der Waals surface area contributed by atoms with Gasteiger partial charge in [0.1, 0.15) is 0 Å². The molecule has 0 amide bonds. The first-order valence-corrected chi connectivity index (χ1v) is 3.26. The van der Waals surface area contributed by atoms with Crippen molar-refractivity contribution in [1.29, 1.82) is 0 Å². The minimum Gasteiger partial charge on any atom is -0.399 e. The highest BCUT2D eigenvalue weighted by atomic mass is 79.9. The Morgan fingerprint density at radius 2 is 2.44 bits per heavy atom. The Kier molecular flexibility index (Phi) is 0.962. The third-order valence-electron chi connectivity index (χ3n) is 0.993. The zero-order chi connectivity index (χ0) is 9.35. The van der Waals surface area contributed by atoms with Crippen molar-refractivity contribution in [2.45, 2.75) is 6.85 Å². The molecule has 2 N–H and O–H groups in total. The van der Waals surface area contributed by atoms with Crippen LogP contribution in [-0.2, 0) is 0 Å². The molecule has 0 fully saturated rings. The van der Waals surface area contributed by atoms with E-state index < -0.39 is 6.85 Å². The molecule has 0 aromatic heterocycles. The van der Waals surface area contributed by atoms with Crippen molar-refractivity contribution in [3.05, 3.63) is 28.2 Å². The fourth-order valence-electron chi connectivity index (χ4n) is 0.531. The topological polar surface area (TPSA) is 26.0 Å². The molecule has 0 aliphatic carbocycles. The summed E-state index contributed by atoms with van der Waals surface area (Å²) in [7, 11) is 0. The second-order valence-corrected chi connectivity index (χ2v) is 2.59. The van der Waals surface area contributed by atoms with Crippen molar-refractivity contribution in [1.82, 2.24) is 0 Å². The van der Waals surface area contributed by atoms with E-state index in [4.69, 9.17) is 9.85 Å². The molecule has 0 unspecified atom stereocenters. The Labute approximate surface area is 67.2 Å². The first-order valence-electron chi connectivity index (χ1n) is 3.97. The third kappa shape index (κ3) is 1.45. The number of benzene rings is 1. The van der Waals surface area contributed by atoms with Gasteiger partial charge in [-0.1, -0.05) is 22.0 Å². The molecule has 1 rings (SSSR count). The second-order valence-electron chi connectivity index (χ2n) is 1.74. The summed E-state index contributed by atoms with van der Waals surface area (Å²) in [5, 5.41) is 0. The van der Waals surface area contributed by atoms with Crippen LogP contribution in [0.3, 0.4) is 0 Å². The summed E-state index contributed by atoms with van der Waals surface area (Å²) in [6.07, 6.45) is 0. The van der Waals surface area contributed by atoms with Crippen molar-refractivity contribution in [3.63, 3.8) is 0 Å². The standard InChI is InChI=1S/C7H8BrN/c1-5-2-3-6(9)4-7(5)8/h2-4H,9H2,1H3/i1D3. The maximum atomic E-state index is 7.15. The number of rotatable bonds is 0. The van der Waals surface area contributed by atoms with Crippen LogP contribution >= 0.6 is 15.9 Å². The lowest BCUT2D eigenvalue weighted by Crippen LogP contribution is -1.84. The van der Waals surface area contributed by atoms with Gasteiger partial charge in [0, 0.05) is 14.3 Å². The van der Waals surface area contributed by atoms with E-state index >= 15 is 0 Å². The molecule has 0 aliphatic rings. The summed E-state index contributed by atoms with van der Waals surface area (Å²) in [4.78, 5) is 0. The molecule has 1 aromatic carbocycles. The number of hydrogen-bond acceptors (Lipinski definition) is 1. The Bertz CT molecular complexity index is 295. The van der Waals surface area contributed by atoms with Crippen molar-refractivity contribution in [2.75, 3.05) is 5.73 Å². The summed E-state index contributed by atoms with van der Waals surface area (Å²) in [5.74, 6) is 0. The van der Waals surface area contributed by atoms with Crippen LogP contribution < -0.4 is 5.73 Å². The van der Waals surface area contributed by atoms with E-state index in [-0.39, 0.29) is 5.56 Å². The van der Waals surface area contributed by atoms with E-state index in [0.717, 1.165) is 0 Å². The summed E-state index contributed by atoms with van der Waals surface area (Å²) >= 11 is 3.14. The van der Waals surface area contributed by atoms with Crippen LogP contribution in [0.5, 0.6) is 0 Å². The Morgan fingerprint density at radius 3 is 3.00 bits per heavy atom. The van der Waals surface area contributed by atoms with Crippen molar-refractivity contribution < 1.29 is 4.11 Å². The Hall–Kier alpha value is -0.500. The van der Waals surface area contributed by atoms with E-state index in [2.05, 4.69) is 15.9 Å². The number of nitrogens with two attached hydrogens (primary N) is 1. The van der Waals surface area contributed by atoms with E-state index in [1.54, 1.807) is 12.1 Å². The van der Waals surface area contributed by atoms with Crippen molar-refractivity contribution >= 4 is 21.6 Å². The Balaban J connectivity index is 3.19. The fraction of sp³-hybridized carbons (Fsp3) is 0.143. The van der Waals surface area contributed by atoms with Crippen LogP contribution in [0, 0.1) is 6.85 Å². The maximum Gasteiger partial charge on any atom is 0.0325 e. The molecule has 0 spiro atoms.